The molecule has 4 heteroatoms. The quantitative estimate of drug-likeness (QED) is 0.402. The molecule has 0 aliphatic rings. The Bertz CT molecular complexity index is 106. The first-order valence-electron chi connectivity index (χ1n) is 4.00. The number of hydrogen-bond donors (Lipinski definition) is 3. The molecular weight excluding hydrogens is 158 g/mol. The fourth-order valence-corrected chi connectivity index (χ4v) is 0.937. The summed E-state index contributed by atoms with van der Waals surface area (Å²) in [6, 6.07) is 0. The Morgan fingerprint density at radius 2 is 1.82 bits per heavy atom. The van der Waals surface area contributed by atoms with Gasteiger partial charge < -0.3 is 16.8 Å². The predicted octanol–water partition coefficient (Wildman–Crippen LogP) is 0.339. The number of nitrogens with one attached hydrogen (secondary N) is 1. The molecule has 0 heterocycles. The molecule has 0 aromatic carbocycles. The van der Waals surface area contributed by atoms with Gasteiger partial charge in [0.05, 0.1) is 0 Å². The smallest absolute Gasteiger partial charge is 0.163 e. The van der Waals surface area contributed by atoms with Crippen LogP contribution in [0.1, 0.15) is 25.7 Å². The molecule has 66 valence electrons. The van der Waals surface area contributed by atoms with Gasteiger partial charge in [-0.3, -0.25) is 0 Å². The monoisotopic (exact) mass is 175 g/mol. The Kier molecular flexibility index (Phi) is 7.51. The van der Waals surface area contributed by atoms with Crippen LogP contribution in [0, 0.1) is 0 Å². The van der Waals surface area contributed by atoms with Crippen molar-refractivity contribution in [2.75, 3.05) is 13.1 Å². The molecule has 3 nitrogen and oxygen atoms in total. The molecule has 0 aromatic rings. The van der Waals surface area contributed by atoms with Crippen LogP contribution in [0.3, 0.4) is 0 Å². The average Bonchev–Trinajstić information content (AvgIpc) is 1.96. The molecule has 0 spiro atoms. The number of rotatable bonds is 6. The zero-order valence-electron chi connectivity index (χ0n) is 6.81. The van der Waals surface area contributed by atoms with Gasteiger partial charge in [-0.15, -0.1) is 0 Å². The number of hydrogen-bond acceptors (Lipinski definition) is 2. The summed E-state index contributed by atoms with van der Waals surface area (Å²) in [5.41, 5.74) is 10.6. The molecule has 0 atom stereocenters. The van der Waals surface area contributed by atoms with E-state index in [-0.39, 0.29) is 0 Å². The van der Waals surface area contributed by atoms with Gasteiger partial charge >= 0.3 is 0 Å². The van der Waals surface area contributed by atoms with E-state index >= 15 is 0 Å². The van der Waals surface area contributed by atoms with Gasteiger partial charge in [0, 0.05) is 6.54 Å². The topological polar surface area (TPSA) is 64.1 Å². The van der Waals surface area contributed by atoms with Crippen LogP contribution in [0.4, 0.5) is 0 Å². The van der Waals surface area contributed by atoms with E-state index in [1.807, 2.05) is 0 Å². The van der Waals surface area contributed by atoms with E-state index < -0.39 is 0 Å². The standard InChI is InChI=1S/C7H17N3S/c8-5-3-1-2-4-6-10-7(9)11/h1-6,8H2,(H3,9,10,11). The first-order chi connectivity index (χ1) is 5.27. The van der Waals surface area contributed by atoms with Crippen molar-refractivity contribution in [1.82, 2.24) is 5.32 Å². The van der Waals surface area contributed by atoms with Crippen molar-refractivity contribution in [3.05, 3.63) is 0 Å². The van der Waals surface area contributed by atoms with Crippen LogP contribution in [0.2, 0.25) is 0 Å². The van der Waals surface area contributed by atoms with Crippen LogP contribution in [0.25, 0.3) is 0 Å². The molecule has 0 aliphatic heterocycles. The van der Waals surface area contributed by atoms with Gasteiger partial charge in [-0.25, -0.2) is 0 Å². The highest BCUT2D eigenvalue weighted by Gasteiger charge is 1.88. The summed E-state index contributed by atoms with van der Waals surface area (Å²) >= 11 is 4.64. The van der Waals surface area contributed by atoms with Crippen LogP contribution >= 0.6 is 12.2 Å². The molecule has 11 heavy (non-hydrogen) atoms. The highest BCUT2D eigenvalue weighted by molar-refractivity contribution is 7.80. The molecule has 0 rings (SSSR count). The maximum absolute atomic E-state index is 5.34. The summed E-state index contributed by atoms with van der Waals surface area (Å²) in [6.45, 7) is 1.68. The fraction of sp³-hybridized carbons (Fsp3) is 0.857. The van der Waals surface area contributed by atoms with Gasteiger partial charge in [-0.05, 0) is 31.6 Å². The largest absolute Gasteiger partial charge is 0.376 e. The van der Waals surface area contributed by atoms with Crippen molar-refractivity contribution in [2.24, 2.45) is 11.5 Å². The van der Waals surface area contributed by atoms with Crippen molar-refractivity contribution < 1.29 is 0 Å². The van der Waals surface area contributed by atoms with E-state index in [1.54, 1.807) is 0 Å². The van der Waals surface area contributed by atoms with Crippen molar-refractivity contribution in [3.8, 4) is 0 Å². The molecule has 0 saturated carbocycles. The Labute approximate surface area is 73.5 Å². The van der Waals surface area contributed by atoms with Crippen molar-refractivity contribution in [3.63, 3.8) is 0 Å². The summed E-state index contributed by atoms with van der Waals surface area (Å²) in [4.78, 5) is 0. The zero-order chi connectivity index (χ0) is 8.53. The summed E-state index contributed by atoms with van der Waals surface area (Å²) in [5.74, 6) is 0. The predicted molar refractivity (Wildman–Crippen MR) is 52.3 cm³/mol. The Balaban J connectivity index is 2.85. The Morgan fingerprint density at radius 1 is 1.18 bits per heavy atom. The maximum atomic E-state index is 5.34. The molecule has 0 unspecified atom stereocenters. The lowest BCUT2D eigenvalue weighted by Gasteiger charge is -2.02. The lowest BCUT2D eigenvalue weighted by atomic mass is 10.2. The van der Waals surface area contributed by atoms with Crippen LogP contribution in [0.5, 0.6) is 0 Å². The highest BCUT2D eigenvalue weighted by atomic mass is 32.1. The summed E-state index contributed by atoms with van der Waals surface area (Å²) in [6.07, 6.45) is 4.65. The molecule has 0 aliphatic carbocycles. The van der Waals surface area contributed by atoms with Gasteiger partial charge in [-0.1, -0.05) is 12.8 Å². The second-order valence-corrected chi connectivity index (χ2v) is 2.93. The minimum atomic E-state index is 0.392. The first kappa shape index (κ1) is 10.7. The Morgan fingerprint density at radius 3 is 2.36 bits per heavy atom. The van der Waals surface area contributed by atoms with E-state index in [1.165, 1.54) is 12.8 Å². The average molecular weight is 175 g/mol. The second-order valence-electron chi connectivity index (χ2n) is 2.49. The van der Waals surface area contributed by atoms with Gasteiger partial charge in [0.15, 0.2) is 5.11 Å². The molecule has 0 fully saturated rings. The summed E-state index contributed by atoms with van der Waals surface area (Å²) in [5, 5.41) is 3.29. The summed E-state index contributed by atoms with van der Waals surface area (Å²) < 4.78 is 0. The molecule has 0 bridgehead atoms. The van der Waals surface area contributed by atoms with Crippen LogP contribution in [0.15, 0.2) is 0 Å². The number of nitrogens with two attached hydrogens (primary N) is 2. The molecule has 0 radical (unpaired) electrons. The maximum Gasteiger partial charge on any atom is 0.163 e. The third-order valence-corrected chi connectivity index (χ3v) is 1.57. The molecule has 0 aromatic heterocycles. The fourth-order valence-electron chi connectivity index (χ4n) is 0.834. The van der Waals surface area contributed by atoms with E-state index in [0.29, 0.717) is 5.11 Å². The normalized spacial score (nSPS) is 9.55. The molecule has 0 amide bonds. The van der Waals surface area contributed by atoms with E-state index in [0.717, 1.165) is 25.9 Å². The van der Waals surface area contributed by atoms with Crippen molar-refractivity contribution >= 4 is 17.3 Å². The SMILES string of the molecule is NCCCCCCNC(N)=S. The van der Waals surface area contributed by atoms with Gasteiger partial charge in [0.2, 0.25) is 0 Å². The minimum absolute atomic E-state index is 0.392. The van der Waals surface area contributed by atoms with Gasteiger partial charge in [0.1, 0.15) is 0 Å². The van der Waals surface area contributed by atoms with Gasteiger partial charge in [0.25, 0.3) is 0 Å². The highest BCUT2D eigenvalue weighted by Crippen LogP contribution is 1.96. The minimum Gasteiger partial charge on any atom is -0.376 e. The van der Waals surface area contributed by atoms with E-state index in [4.69, 9.17) is 11.5 Å². The van der Waals surface area contributed by atoms with Crippen LogP contribution in [-0.2, 0) is 0 Å². The van der Waals surface area contributed by atoms with Gasteiger partial charge in [-0.2, -0.15) is 0 Å². The Hall–Kier alpha value is -0.350. The van der Waals surface area contributed by atoms with Crippen molar-refractivity contribution in [1.29, 1.82) is 0 Å². The molecule has 0 saturated heterocycles. The number of unbranched alkanes of at least 4 members (excludes halogenated alkanes) is 3. The second kappa shape index (κ2) is 7.75. The zero-order valence-corrected chi connectivity index (χ0v) is 7.62. The van der Waals surface area contributed by atoms with Crippen LogP contribution in [-0.4, -0.2) is 18.2 Å². The lowest BCUT2D eigenvalue weighted by molar-refractivity contribution is 0.637. The third-order valence-electron chi connectivity index (χ3n) is 1.43. The van der Waals surface area contributed by atoms with Crippen molar-refractivity contribution in [2.45, 2.75) is 25.7 Å². The molecular formula is C7H17N3S. The lowest BCUT2D eigenvalue weighted by Crippen LogP contribution is -2.29. The molecule has 5 N–H and O–H groups in total. The summed E-state index contributed by atoms with van der Waals surface area (Å²) in [7, 11) is 0. The number of thiocarbonyl (C=S) groups is 1. The van der Waals surface area contributed by atoms with Crippen LogP contribution < -0.4 is 16.8 Å². The van der Waals surface area contributed by atoms with E-state index in [9.17, 15) is 0 Å². The van der Waals surface area contributed by atoms with E-state index in [2.05, 4.69) is 17.5 Å². The third kappa shape index (κ3) is 9.65. The first-order valence-corrected chi connectivity index (χ1v) is 4.41.